The van der Waals surface area contributed by atoms with E-state index in [4.69, 9.17) is 4.74 Å². The average molecular weight is 262 g/mol. The van der Waals surface area contributed by atoms with Crippen LogP contribution in [0.25, 0.3) is 0 Å². The van der Waals surface area contributed by atoms with Crippen LogP contribution < -0.4 is 10.2 Å². The molecule has 1 aromatic carbocycles. The highest BCUT2D eigenvalue weighted by Gasteiger charge is 2.21. The van der Waals surface area contributed by atoms with Gasteiger partial charge in [-0.2, -0.15) is 0 Å². The first-order chi connectivity index (χ1) is 9.20. The summed E-state index contributed by atoms with van der Waals surface area (Å²) in [5.41, 5.74) is 2.05. The fourth-order valence-electron chi connectivity index (χ4n) is 2.34. The van der Waals surface area contributed by atoms with E-state index in [1.165, 1.54) is 0 Å². The van der Waals surface area contributed by atoms with Gasteiger partial charge in [0.25, 0.3) is 0 Å². The van der Waals surface area contributed by atoms with Crippen LogP contribution in [0.15, 0.2) is 24.3 Å². The molecule has 1 aromatic rings. The van der Waals surface area contributed by atoms with Crippen LogP contribution in [0.2, 0.25) is 0 Å². The fourth-order valence-corrected chi connectivity index (χ4v) is 2.34. The largest absolute Gasteiger partial charge is 0.385 e. The molecule has 0 bridgehead atoms. The van der Waals surface area contributed by atoms with Crippen molar-refractivity contribution in [3.8, 4) is 0 Å². The molecule has 0 aliphatic carbocycles. The van der Waals surface area contributed by atoms with E-state index in [2.05, 4.69) is 12.2 Å². The number of nitrogens with zero attached hydrogens (tertiary/aromatic N) is 1. The summed E-state index contributed by atoms with van der Waals surface area (Å²) < 4.78 is 5.12. The predicted octanol–water partition coefficient (Wildman–Crippen LogP) is 2.51. The van der Waals surface area contributed by atoms with Gasteiger partial charge in [0, 0.05) is 38.0 Å². The van der Waals surface area contributed by atoms with E-state index in [9.17, 15) is 4.79 Å². The number of anilines is 2. The highest BCUT2D eigenvalue weighted by molar-refractivity contribution is 5.95. The summed E-state index contributed by atoms with van der Waals surface area (Å²) in [7, 11) is 1.72. The van der Waals surface area contributed by atoms with E-state index in [0.29, 0.717) is 12.3 Å². The van der Waals surface area contributed by atoms with Crippen molar-refractivity contribution in [1.82, 2.24) is 0 Å². The van der Waals surface area contributed by atoms with Crippen LogP contribution in [0.1, 0.15) is 19.8 Å². The van der Waals surface area contributed by atoms with Gasteiger partial charge in [0.1, 0.15) is 0 Å². The molecule has 104 valence electrons. The lowest BCUT2D eigenvalue weighted by atomic mass is 10.2. The molecule has 1 heterocycles. The van der Waals surface area contributed by atoms with Gasteiger partial charge in [0.2, 0.25) is 5.91 Å². The molecule has 0 radical (unpaired) electrons. The zero-order chi connectivity index (χ0) is 13.7. The summed E-state index contributed by atoms with van der Waals surface area (Å²) in [4.78, 5) is 13.6. The summed E-state index contributed by atoms with van der Waals surface area (Å²) in [6, 6.07) is 8.06. The molecule has 19 heavy (non-hydrogen) atoms. The summed E-state index contributed by atoms with van der Waals surface area (Å²) in [5.74, 6) is 0.687. The molecule has 0 aromatic heterocycles. The van der Waals surface area contributed by atoms with Gasteiger partial charge in [-0.15, -0.1) is 0 Å². The van der Waals surface area contributed by atoms with E-state index < -0.39 is 0 Å². The molecule has 1 N–H and O–H groups in total. The molecule has 0 spiro atoms. The lowest BCUT2D eigenvalue weighted by Crippen LogP contribution is -2.23. The molecule has 1 aliphatic heterocycles. The topological polar surface area (TPSA) is 41.6 Å². The minimum absolute atomic E-state index is 0.227. The molecule has 1 amide bonds. The maximum atomic E-state index is 11.7. The standard InChI is InChI=1S/C15H22N2O2/c1-12(11-19-2)10-16-13-5-3-6-14(9-13)17-8-4-7-15(17)18/h3,5-6,9,12,16H,4,7-8,10-11H2,1-2H3. The Morgan fingerprint density at radius 3 is 3.00 bits per heavy atom. The Hall–Kier alpha value is -1.55. The molecule has 0 saturated carbocycles. The van der Waals surface area contributed by atoms with Crippen LogP contribution in [0.3, 0.4) is 0 Å². The minimum Gasteiger partial charge on any atom is -0.385 e. The van der Waals surface area contributed by atoms with Crippen molar-refractivity contribution >= 4 is 17.3 Å². The molecule has 2 rings (SSSR count). The van der Waals surface area contributed by atoms with Crippen molar-refractivity contribution in [3.05, 3.63) is 24.3 Å². The summed E-state index contributed by atoms with van der Waals surface area (Å²) in [6.07, 6.45) is 1.63. The molecular weight excluding hydrogens is 240 g/mol. The lowest BCUT2D eigenvalue weighted by molar-refractivity contribution is -0.117. The molecule has 1 fully saturated rings. The molecular formula is C15H22N2O2. The first-order valence-corrected chi connectivity index (χ1v) is 6.84. The van der Waals surface area contributed by atoms with Crippen molar-refractivity contribution < 1.29 is 9.53 Å². The van der Waals surface area contributed by atoms with Gasteiger partial charge in [-0.05, 0) is 30.5 Å². The molecule has 1 saturated heterocycles. The van der Waals surface area contributed by atoms with Gasteiger partial charge in [0.15, 0.2) is 0 Å². The Morgan fingerprint density at radius 2 is 2.32 bits per heavy atom. The van der Waals surface area contributed by atoms with Crippen molar-refractivity contribution in [2.24, 2.45) is 5.92 Å². The van der Waals surface area contributed by atoms with Gasteiger partial charge < -0.3 is 15.0 Å². The Balaban J connectivity index is 1.97. The quantitative estimate of drug-likeness (QED) is 0.856. The molecule has 4 nitrogen and oxygen atoms in total. The van der Waals surface area contributed by atoms with E-state index in [-0.39, 0.29) is 5.91 Å². The number of hydrogen-bond donors (Lipinski definition) is 1. The Morgan fingerprint density at radius 1 is 1.47 bits per heavy atom. The number of nitrogens with one attached hydrogen (secondary N) is 1. The van der Waals surface area contributed by atoms with Gasteiger partial charge in [-0.3, -0.25) is 4.79 Å². The van der Waals surface area contributed by atoms with Crippen LogP contribution in [0.4, 0.5) is 11.4 Å². The zero-order valence-electron chi connectivity index (χ0n) is 11.7. The number of carbonyl (C=O) groups excluding carboxylic acids is 1. The van der Waals surface area contributed by atoms with Gasteiger partial charge in [0.05, 0.1) is 6.61 Å². The number of carbonyl (C=O) groups is 1. The first kappa shape index (κ1) is 13.9. The summed E-state index contributed by atoms with van der Waals surface area (Å²) >= 11 is 0. The Kier molecular flexibility index (Phi) is 4.80. The zero-order valence-corrected chi connectivity index (χ0v) is 11.7. The third-order valence-corrected chi connectivity index (χ3v) is 3.34. The van der Waals surface area contributed by atoms with Crippen LogP contribution in [-0.2, 0) is 9.53 Å². The number of methoxy groups -OCH3 is 1. The van der Waals surface area contributed by atoms with Crippen molar-refractivity contribution in [3.63, 3.8) is 0 Å². The summed E-state index contributed by atoms with van der Waals surface area (Å²) in [5, 5.41) is 3.39. The predicted molar refractivity (Wildman–Crippen MR) is 77.6 cm³/mol. The molecule has 1 aliphatic rings. The first-order valence-electron chi connectivity index (χ1n) is 6.84. The number of amides is 1. The van der Waals surface area contributed by atoms with Crippen LogP contribution >= 0.6 is 0 Å². The third kappa shape index (κ3) is 3.70. The maximum Gasteiger partial charge on any atom is 0.227 e. The van der Waals surface area contributed by atoms with Gasteiger partial charge in [-0.1, -0.05) is 13.0 Å². The number of hydrogen-bond acceptors (Lipinski definition) is 3. The second kappa shape index (κ2) is 6.57. The third-order valence-electron chi connectivity index (χ3n) is 3.34. The molecule has 1 atom stereocenters. The number of benzene rings is 1. The molecule has 4 heteroatoms. The second-order valence-corrected chi connectivity index (χ2v) is 5.14. The number of ether oxygens (including phenoxy) is 1. The SMILES string of the molecule is COCC(C)CNc1cccc(N2CCCC2=O)c1. The highest BCUT2D eigenvalue weighted by Crippen LogP contribution is 2.24. The second-order valence-electron chi connectivity index (χ2n) is 5.14. The Bertz CT molecular complexity index is 434. The maximum absolute atomic E-state index is 11.7. The molecule has 1 unspecified atom stereocenters. The van der Waals surface area contributed by atoms with Crippen LogP contribution in [-0.4, -0.2) is 32.7 Å². The van der Waals surface area contributed by atoms with Gasteiger partial charge in [-0.25, -0.2) is 0 Å². The summed E-state index contributed by atoms with van der Waals surface area (Å²) in [6.45, 7) is 4.59. The average Bonchev–Trinajstić information content (AvgIpc) is 2.83. The lowest BCUT2D eigenvalue weighted by Gasteiger charge is -2.18. The van der Waals surface area contributed by atoms with Crippen molar-refractivity contribution in [1.29, 1.82) is 0 Å². The Labute approximate surface area is 114 Å². The highest BCUT2D eigenvalue weighted by atomic mass is 16.5. The minimum atomic E-state index is 0.227. The van der Waals surface area contributed by atoms with Crippen LogP contribution in [0, 0.1) is 5.92 Å². The number of rotatable bonds is 6. The van der Waals surface area contributed by atoms with Crippen molar-refractivity contribution in [2.75, 3.05) is 37.0 Å². The monoisotopic (exact) mass is 262 g/mol. The van der Waals surface area contributed by atoms with Crippen molar-refractivity contribution in [2.45, 2.75) is 19.8 Å². The van der Waals surface area contributed by atoms with Gasteiger partial charge >= 0.3 is 0 Å². The van der Waals surface area contributed by atoms with E-state index in [0.717, 1.165) is 37.5 Å². The van der Waals surface area contributed by atoms with Crippen LogP contribution in [0.5, 0.6) is 0 Å². The van der Waals surface area contributed by atoms with E-state index >= 15 is 0 Å². The fraction of sp³-hybridized carbons (Fsp3) is 0.533. The smallest absolute Gasteiger partial charge is 0.227 e. The van der Waals surface area contributed by atoms with E-state index in [1.54, 1.807) is 7.11 Å². The van der Waals surface area contributed by atoms with E-state index in [1.807, 2.05) is 29.2 Å². The normalized spacial score (nSPS) is 16.7.